The molecule has 0 saturated carbocycles. The molecule has 1 aliphatic heterocycles. The van der Waals surface area contributed by atoms with Gasteiger partial charge in [0.05, 0.1) is 15.1 Å². The Morgan fingerprint density at radius 3 is 2.45 bits per heavy atom. The second-order valence-corrected chi connectivity index (χ2v) is 10.3. The maximum absolute atomic E-state index is 14.3. The smallest absolute Gasteiger partial charge is 0.279 e. The summed E-state index contributed by atoms with van der Waals surface area (Å²) in [4.78, 5) is 17.2. The van der Waals surface area contributed by atoms with E-state index in [0.717, 1.165) is 30.2 Å². The normalized spacial score (nSPS) is 15.8. The highest BCUT2D eigenvalue weighted by Gasteiger charge is 2.27. The van der Waals surface area contributed by atoms with Crippen LogP contribution >= 0.6 is 11.3 Å². The van der Waals surface area contributed by atoms with Crippen LogP contribution in [0.1, 0.15) is 36.5 Å². The van der Waals surface area contributed by atoms with E-state index in [9.17, 15) is 22.0 Å². The van der Waals surface area contributed by atoms with Gasteiger partial charge in [0.25, 0.3) is 5.91 Å². The van der Waals surface area contributed by atoms with Gasteiger partial charge in [-0.05, 0) is 49.6 Å². The van der Waals surface area contributed by atoms with Crippen LogP contribution in [0.5, 0.6) is 0 Å². The molecule has 0 N–H and O–H groups in total. The molecule has 1 aliphatic rings. The Morgan fingerprint density at radius 2 is 1.81 bits per heavy atom. The Bertz CT molecular complexity index is 1310. The van der Waals surface area contributed by atoms with E-state index in [4.69, 9.17) is 0 Å². The van der Waals surface area contributed by atoms with Gasteiger partial charge in [-0.15, -0.1) is 0 Å². The van der Waals surface area contributed by atoms with Crippen molar-refractivity contribution in [1.82, 2.24) is 8.87 Å². The highest BCUT2D eigenvalue weighted by Crippen LogP contribution is 2.23. The summed E-state index contributed by atoms with van der Waals surface area (Å²) < 4.78 is 56.6. The average molecular weight is 466 g/mol. The van der Waals surface area contributed by atoms with E-state index in [2.05, 4.69) is 4.99 Å². The molecule has 1 fully saturated rings. The minimum absolute atomic E-state index is 0.131. The summed E-state index contributed by atoms with van der Waals surface area (Å²) in [5.74, 6) is -1.98. The number of carbonyl (C=O) groups excluding carboxylic acids is 1. The van der Waals surface area contributed by atoms with Crippen LogP contribution in [-0.2, 0) is 16.6 Å². The molecule has 0 radical (unpaired) electrons. The lowest BCUT2D eigenvalue weighted by Gasteiger charge is -2.15. The number of sulfonamides is 1. The number of carbonyl (C=O) groups is 1. The third-order valence-electron chi connectivity index (χ3n) is 5.14. The van der Waals surface area contributed by atoms with Crippen molar-refractivity contribution in [1.29, 1.82) is 0 Å². The quantitative estimate of drug-likeness (QED) is 0.574. The van der Waals surface area contributed by atoms with Gasteiger partial charge in [-0.2, -0.15) is 9.30 Å². The zero-order valence-corrected chi connectivity index (χ0v) is 18.5. The molecule has 1 amide bonds. The first-order chi connectivity index (χ1) is 14.8. The summed E-state index contributed by atoms with van der Waals surface area (Å²) in [7, 11) is -3.57. The number of amides is 1. The van der Waals surface area contributed by atoms with E-state index in [0.29, 0.717) is 30.8 Å². The van der Waals surface area contributed by atoms with Crippen LogP contribution in [0, 0.1) is 11.6 Å². The van der Waals surface area contributed by atoms with E-state index in [1.54, 1.807) is 4.57 Å². The number of halogens is 2. The van der Waals surface area contributed by atoms with Crippen LogP contribution < -0.4 is 4.80 Å². The fourth-order valence-corrected chi connectivity index (χ4v) is 6.25. The predicted octanol–water partition coefficient (Wildman–Crippen LogP) is 3.92. The Kier molecular flexibility index (Phi) is 6.05. The first-order valence-electron chi connectivity index (χ1n) is 9.99. The zero-order chi connectivity index (χ0) is 22.2. The minimum atomic E-state index is -3.57. The van der Waals surface area contributed by atoms with Crippen LogP contribution in [0.4, 0.5) is 8.78 Å². The van der Waals surface area contributed by atoms with Crippen molar-refractivity contribution in [2.45, 2.75) is 37.6 Å². The number of aryl methyl sites for hydroxylation is 1. The molecule has 1 saturated heterocycles. The van der Waals surface area contributed by atoms with Gasteiger partial charge in [0.2, 0.25) is 10.0 Å². The SMILES string of the molecule is CCCn1c(=NC(=O)c2ccc(S(=O)(=O)N3CCCC3)cc2)sc2cc(F)cc(F)c21. The molecule has 2 aromatic carbocycles. The Balaban J connectivity index is 1.70. The first-order valence-corrected chi connectivity index (χ1v) is 12.2. The van der Waals surface area contributed by atoms with Gasteiger partial charge in [0.1, 0.15) is 5.82 Å². The third-order valence-corrected chi connectivity index (χ3v) is 8.08. The molecule has 3 aromatic rings. The van der Waals surface area contributed by atoms with E-state index in [1.165, 1.54) is 34.6 Å². The number of fused-ring (bicyclic) bond motifs is 1. The number of hydrogen-bond donors (Lipinski definition) is 0. The van der Waals surface area contributed by atoms with Gasteiger partial charge in [-0.3, -0.25) is 4.79 Å². The molecule has 4 rings (SSSR count). The summed E-state index contributed by atoms with van der Waals surface area (Å²) in [6, 6.07) is 7.68. The lowest BCUT2D eigenvalue weighted by molar-refractivity contribution is 0.0997. The molecule has 6 nitrogen and oxygen atoms in total. The molecule has 0 aliphatic carbocycles. The van der Waals surface area contributed by atoms with Crippen molar-refractivity contribution in [3.8, 4) is 0 Å². The van der Waals surface area contributed by atoms with Gasteiger partial charge in [-0.25, -0.2) is 17.2 Å². The minimum Gasteiger partial charge on any atom is -0.314 e. The molecule has 0 unspecified atom stereocenters. The second kappa shape index (κ2) is 8.60. The first kappa shape index (κ1) is 21.8. The van der Waals surface area contributed by atoms with E-state index >= 15 is 0 Å². The highest BCUT2D eigenvalue weighted by molar-refractivity contribution is 7.89. The number of thiazole rings is 1. The van der Waals surface area contributed by atoms with Crippen molar-refractivity contribution in [3.63, 3.8) is 0 Å². The van der Waals surface area contributed by atoms with Gasteiger partial charge in [0.15, 0.2) is 10.6 Å². The summed E-state index contributed by atoms with van der Waals surface area (Å²) in [6.07, 6.45) is 2.35. The lowest BCUT2D eigenvalue weighted by atomic mass is 10.2. The van der Waals surface area contributed by atoms with Gasteiger partial charge < -0.3 is 4.57 Å². The lowest BCUT2D eigenvalue weighted by Crippen LogP contribution is -2.27. The Hall–Kier alpha value is -2.43. The molecule has 31 heavy (non-hydrogen) atoms. The second-order valence-electron chi connectivity index (χ2n) is 7.32. The van der Waals surface area contributed by atoms with Crippen LogP contribution in [0.2, 0.25) is 0 Å². The molecule has 0 atom stereocenters. The standard InChI is InChI=1S/C21H21F2N3O3S2/c1-2-9-26-19-17(23)12-15(22)13-18(19)30-21(26)24-20(27)14-5-7-16(8-6-14)31(28,29)25-10-3-4-11-25/h5-8,12-13H,2-4,9-11H2,1H3. The van der Waals surface area contributed by atoms with Gasteiger partial charge in [0, 0.05) is 31.3 Å². The van der Waals surface area contributed by atoms with Crippen molar-refractivity contribution < 1.29 is 22.0 Å². The Morgan fingerprint density at radius 1 is 1.13 bits per heavy atom. The van der Waals surface area contributed by atoms with Crippen molar-refractivity contribution in [2.75, 3.05) is 13.1 Å². The van der Waals surface area contributed by atoms with E-state index < -0.39 is 27.6 Å². The number of nitrogens with zero attached hydrogens (tertiary/aromatic N) is 3. The fourth-order valence-electron chi connectivity index (χ4n) is 3.64. The van der Waals surface area contributed by atoms with E-state index in [-0.39, 0.29) is 20.8 Å². The van der Waals surface area contributed by atoms with Crippen molar-refractivity contribution >= 4 is 37.5 Å². The summed E-state index contributed by atoms with van der Waals surface area (Å²) in [6.45, 7) is 3.32. The van der Waals surface area contributed by atoms with Crippen LogP contribution in [0.25, 0.3) is 10.2 Å². The van der Waals surface area contributed by atoms with Crippen molar-refractivity contribution in [3.05, 3.63) is 58.4 Å². The molecule has 1 aromatic heterocycles. The zero-order valence-electron chi connectivity index (χ0n) is 16.8. The summed E-state index contributed by atoms with van der Waals surface area (Å²) in [5.41, 5.74) is 0.430. The van der Waals surface area contributed by atoms with Crippen molar-refractivity contribution in [2.24, 2.45) is 4.99 Å². The third kappa shape index (κ3) is 4.19. The largest absolute Gasteiger partial charge is 0.314 e. The summed E-state index contributed by atoms with van der Waals surface area (Å²) >= 11 is 1.03. The summed E-state index contributed by atoms with van der Waals surface area (Å²) in [5, 5.41) is 0. The maximum Gasteiger partial charge on any atom is 0.279 e. The van der Waals surface area contributed by atoms with E-state index in [1.807, 2.05) is 6.92 Å². The Labute approximate surface area is 182 Å². The van der Waals surface area contributed by atoms with Gasteiger partial charge in [-0.1, -0.05) is 18.3 Å². The van der Waals surface area contributed by atoms with Crippen LogP contribution in [0.15, 0.2) is 46.3 Å². The molecule has 2 heterocycles. The van der Waals surface area contributed by atoms with Crippen LogP contribution in [-0.4, -0.2) is 36.3 Å². The number of benzene rings is 2. The molecular formula is C21H21F2N3O3S2. The monoisotopic (exact) mass is 465 g/mol. The topological polar surface area (TPSA) is 71.7 Å². The van der Waals surface area contributed by atoms with Crippen LogP contribution in [0.3, 0.4) is 0 Å². The predicted molar refractivity (Wildman–Crippen MR) is 114 cm³/mol. The number of hydrogen-bond acceptors (Lipinski definition) is 4. The number of rotatable bonds is 5. The number of aromatic nitrogens is 1. The molecule has 0 spiro atoms. The average Bonchev–Trinajstić information content (AvgIpc) is 3.38. The fraction of sp³-hybridized carbons (Fsp3) is 0.333. The molecular weight excluding hydrogens is 444 g/mol. The molecule has 164 valence electrons. The maximum atomic E-state index is 14.3. The molecule has 0 bridgehead atoms. The van der Waals surface area contributed by atoms with Gasteiger partial charge >= 0.3 is 0 Å². The molecule has 10 heteroatoms. The highest BCUT2D eigenvalue weighted by atomic mass is 32.2.